The molecule has 0 radical (unpaired) electrons. The Balaban J connectivity index is 1.73. The fourth-order valence-corrected chi connectivity index (χ4v) is 5.88. The Kier molecular flexibility index (Phi) is 3.92. The lowest BCUT2D eigenvalue weighted by atomic mass is 9.60. The summed E-state index contributed by atoms with van der Waals surface area (Å²) in [5.74, 6) is 0. The molecule has 1 atom stereocenters. The van der Waals surface area contributed by atoms with Gasteiger partial charge in [-0.1, -0.05) is 6.92 Å². The van der Waals surface area contributed by atoms with E-state index in [0.29, 0.717) is 4.21 Å². The van der Waals surface area contributed by atoms with E-state index in [1.807, 2.05) is 13.0 Å². The van der Waals surface area contributed by atoms with Crippen LogP contribution in [0.2, 0.25) is 0 Å². The molecule has 0 aromatic carbocycles. The predicted octanol–water partition coefficient (Wildman–Crippen LogP) is 2.55. The van der Waals surface area contributed by atoms with Crippen LogP contribution in [-0.4, -0.2) is 27.7 Å². The number of hydrogen-bond acceptors (Lipinski definition) is 4. The molecule has 112 valence electrons. The predicted molar refractivity (Wildman–Crippen MR) is 79.5 cm³/mol. The van der Waals surface area contributed by atoms with Gasteiger partial charge in [0.1, 0.15) is 4.21 Å². The zero-order valence-electron chi connectivity index (χ0n) is 11.7. The lowest BCUT2D eigenvalue weighted by Crippen LogP contribution is -2.57. The maximum atomic E-state index is 12.5. The number of rotatable bonds is 4. The standard InChI is InChI=1S/C14H21NO3S2/c1-2-11-3-4-13(19-11)20(16,17)15-12-5-6-14(12)7-9-18-10-8-14/h3-4,12,15H,2,5-10H2,1H3. The molecular formula is C14H21NO3S2. The van der Waals surface area contributed by atoms with Gasteiger partial charge in [-0.25, -0.2) is 13.1 Å². The summed E-state index contributed by atoms with van der Waals surface area (Å²) in [4.78, 5) is 1.11. The summed E-state index contributed by atoms with van der Waals surface area (Å²) in [7, 11) is -3.36. The van der Waals surface area contributed by atoms with Gasteiger partial charge in [0.05, 0.1) is 0 Å². The molecule has 20 heavy (non-hydrogen) atoms. The average Bonchev–Trinajstić information content (AvgIpc) is 2.94. The second kappa shape index (κ2) is 5.40. The topological polar surface area (TPSA) is 55.4 Å². The Morgan fingerprint density at radius 3 is 2.65 bits per heavy atom. The Hall–Kier alpha value is -0.430. The van der Waals surface area contributed by atoms with E-state index < -0.39 is 10.0 Å². The Morgan fingerprint density at radius 2 is 2.10 bits per heavy atom. The summed E-state index contributed by atoms with van der Waals surface area (Å²) in [5.41, 5.74) is 0.149. The minimum atomic E-state index is -3.36. The van der Waals surface area contributed by atoms with Gasteiger partial charge in [0.2, 0.25) is 10.0 Å². The smallest absolute Gasteiger partial charge is 0.250 e. The van der Waals surface area contributed by atoms with E-state index >= 15 is 0 Å². The molecule has 2 aliphatic rings. The monoisotopic (exact) mass is 315 g/mol. The molecule has 2 fully saturated rings. The zero-order valence-corrected chi connectivity index (χ0v) is 13.4. The molecule has 4 nitrogen and oxygen atoms in total. The van der Waals surface area contributed by atoms with Crippen LogP contribution in [0.4, 0.5) is 0 Å². The zero-order chi connectivity index (χ0) is 14.2. The van der Waals surface area contributed by atoms with Gasteiger partial charge in [0, 0.05) is 24.1 Å². The van der Waals surface area contributed by atoms with Crippen LogP contribution in [0, 0.1) is 5.41 Å². The van der Waals surface area contributed by atoms with Crippen LogP contribution in [0.5, 0.6) is 0 Å². The third kappa shape index (κ3) is 2.54. The Morgan fingerprint density at radius 1 is 1.35 bits per heavy atom. The average molecular weight is 315 g/mol. The third-order valence-electron chi connectivity index (χ3n) is 4.71. The van der Waals surface area contributed by atoms with E-state index in [9.17, 15) is 8.42 Å². The van der Waals surface area contributed by atoms with Crippen LogP contribution in [0.15, 0.2) is 16.3 Å². The summed E-state index contributed by atoms with van der Waals surface area (Å²) in [5, 5.41) is 0. The summed E-state index contributed by atoms with van der Waals surface area (Å²) in [6.45, 7) is 3.56. The van der Waals surface area contributed by atoms with Crippen molar-refractivity contribution in [1.29, 1.82) is 0 Å². The van der Waals surface area contributed by atoms with E-state index in [1.54, 1.807) is 6.07 Å². The highest BCUT2D eigenvalue weighted by molar-refractivity contribution is 7.91. The fraction of sp³-hybridized carbons (Fsp3) is 0.714. The van der Waals surface area contributed by atoms with Gasteiger partial charge in [-0.3, -0.25) is 0 Å². The van der Waals surface area contributed by atoms with Crippen molar-refractivity contribution < 1.29 is 13.2 Å². The highest BCUT2D eigenvalue weighted by Crippen LogP contribution is 2.49. The van der Waals surface area contributed by atoms with Crippen molar-refractivity contribution in [2.75, 3.05) is 13.2 Å². The molecule has 0 amide bonds. The number of ether oxygens (including phenoxy) is 1. The largest absolute Gasteiger partial charge is 0.381 e. The molecule has 1 unspecified atom stereocenters. The number of aryl methyl sites for hydroxylation is 1. The van der Waals surface area contributed by atoms with E-state index in [4.69, 9.17) is 4.74 Å². The SMILES string of the molecule is CCc1ccc(S(=O)(=O)NC2CCC23CCOCC3)s1. The van der Waals surface area contributed by atoms with E-state index in [-0.39, 0.29) is 11.5 Å². The second-order valence-electron chi connectivity index (χ2n) is 5.76. The normalized spacial score (nSPS) is 25.6. The van der Waals surface area contributed by atoms with Crippen molar-refractivity contribution in [2.24, 2.45) is 5.41 Å². The van der Waals surface area contributed by atoms with Crippen molar-refractivity contribution in [3.8, 4) is 0 Å². The first-order chi connectivity index (χ1) is 9.56. The molecule has 1 aliphatic carbocycles. The van der Waals surface area contributed by atoms with Crippen molar-refractivity contribution in [1.82, 2.24) is 4.72 Å². The molecule has 2 heterocycles. The molecule has 3 rings (SSSR count). The van der Waals surface area contributed by atoms with Crippen molar-refractivity contribution >= 4 is 21.4 Å². The minimum Gasteiger partial charge on any atom is -0.381 e. The van der Waals surface area contributed by atoms with Crippen molar-refractivity contribution in [2.45, 2.75) is 49.3 Å². The van der Waals surface area contributed by atoms with Gasteiger partial charge < -0.3 is 4.74 Å². The van der Waals surface area contributed by atoms with Crippen LogP contribution in [-0.2, 0) is 21.2 Å². The minimum absolute atomic E-state index is 0.0866. The van der Waals surface area contributed by atoms with Crippen LogP contribution < -0.4 is 4.72 Å². The number of sulfonamides is 1. The molecule has 1 aromatic heterocycles. The van der Waals surface area contributed by atoms with Crippen LogP contribution in [0.3, 0.4) is 0 Å². The fourth-order valence-electron chi connectivity index (χ4n) is 3.20. The molecule has 1 saturated heterocycles. The Bertz CT molecular complexity index is 573. The van der Waals surface area contributed by atoms with Gasteiger partial charge in [0.15, 0.2) is 0 Å². The van der Waals surface area contributed by atoms with Crippen molar-refractivity contribution in [3.63, 3.8) is 0 Å². The second-order valence-corrected chi connectivity index (χ2v) is 8.87. The molecule has 0 bridgehead atoms. The highest BCUT2D eigenvalue weighted by atomic mass is 32.2. The molecule has 1 saturated carbocycles. The quantitative estimate of drug-likeness (QED) is 0.929. The number of hydrogen-bond donors (Lipinski definition) is 1. The van der Waals surface area contributed by atoms with Gasteiger partial charge in [-0.05, 0) is 49.7 Å². The molecule has 1 N–H and O–H groups in total. The van der Waals surface area contributed by atoms with E-state index in [2.05, 4.69) is 4.72 Å². The van der Waals surface area contributed by atoms with Gasteiger partial charge >= 0.3 is 0 Å². The Labute approximate surface area is 124 Å². The van der Waals surface area contributed by atoms with Gasteiger partial charge in [0.25, 0.3) is 0 Å². The maximum Gasteiger partial charge on any atom is 0.250 e. The first kappa shape index (κ1) is 14.5. The first-order valence-electron chi connectivity index (χ1n) is 7.24. The maximum absolute atomic E-state index is 12.5. The first-order valence-corrected chi connectivity index (χ1v) is 9.54. The van der Waals surface area contributed by atoms with E-state index in [0.717, 1.165) is 50.2 Å². The third-order valence-corrected chi connectivity index (χ3v) is 7.90. The molecule has 6 heteroatoms. The lowest BCUT2D eigenvalue weighted by Gasteiger charge is -2.51. The van der Waals surface area contributed by atoms with Crippen molar-refractivity contribution in [3.05, 3.63) is 17.0 Å². The number of thiophene rings is 1. The van der Waals surface area contributed by atoms with Crippen LogP contribution >= 0.6 is 11.3 Å². The van der Waals surface area contributed by atoms with Crippen LogP contribution in [0.1, 0.15) is 37.5 Å². The summed E-state index contributed by atoms with van der Waals surface area (Å²) >= 11 is 1.38. The summed E-state index contributed by atoms with van der Waals surface area (Å²) < 4.78 is 33.7. The molecule has 1 spiro atoms. The van der Waals surface area contributed by atoms with Gasteiger partial charge in [-0.2, -0.15) is 0 Å². The van der Waals surface area contributed by atoms with E-state index in [1.165, 1.54) is 11.3 Å². The lowest BCUT2D eigenvalue weighted by molar-refractivity contribution is -0.0483. The highest BCUT2D eigenvalue weighted by Gasteiger charge is 2.48. The number of nitrogens with one attached hydrogen (secondary N) is 1. The van der Waals surface area contributed by atoms with Crippen LogP contribution in [0.25, 0.3) is 0 Å². The molecule has 1 aromatic rings. The van der Waals surface area contributed by atoms with Gasteiger partial charge in [-0.15, -0.1) is 11.3 Å². The summed E-state index contributed by atoms with van der Waals surface area (Å²) in [6.07, 6.45) is 4.90. The summed E-state index contributed by atoms with van der Waals surface area (Å²) in [6, 6.07) is 3.72. The molecule has 1 aliphatic heterocycles. The molecular weight excluding hydrogens is 294 g/mol.